The summed E-state index contributed by atoms with van der Waals surface area (Å²) in [5.41, 5.74) is 5.85. The lowest BCUT2D eigenvalue weighted by Gasteiger charge is -2.38. The Hall–Kier alpha value is -0.340. The minimum absolute atomic E-state index is 0.633. The van der Waals surface area contributed by atoms with Crippen molar-refractivity contribution in [1.29, 1.82) is 0 Å². The molecule has 0 aliphatic carbocycles. The van der Waals surface area contributed by atoms with Gasteiger partial charge < -0.3 is 5.73 Å². The maximum atomic E-state index is 5.85. The average molecular weight is 210 g/mol. The van der Waals surface area contributed by atoms with E-state index < -0.39 is 0 Å². The van der Waals surface area contributed by atoms with E-state index in [1.165, 1.54) is 38.8 Å². The van der Waals surface area contributed by atoms with Crippen molar-refractivity contribution in [3.8, 4) is 0 Å². The third-order valence-electron chi connectivity index (χ3n) is 3.65. The highest BCUT2D eigenvalue weighted by molar-refractivity contribution is 4.82. The molecule has 1 aliphatic heterocycles. The summed E-state index contributed by atoms with van der Waals surface area (Å²) in [6.45, 7) is 9.33. The molecule has 0 spiro atoms. The molecule has 2 heteroatoms. The highest BCUT2D eigenvalue weighted by Crippen LogP contribution is 2.24. The molecule has 0 aromatic rings. The number of unbranched alkanes of at least 4 members (excludes halogenated alkanes) is 1. The molecule has 2 nitrogen and oxygen atoms in total. The monoisotopic (exact) mass is 210 g/mol. The fraction of sp³-hybridized carbons (Fsp3) is 0.846. The lowest BCUT2D eigenvalue weighted by atomic mass is 9.89. The summed E-state index contributed by atoms with van der Waals surface area (Å²) in [6, 6.07) is 0.633. The summed E-state index contributed by atoms with van der Waals surface area (Å²) >= 11 is 0. The Bertz CT molecular complexity index is 179. The summed E-state index contributed by atoms with van der Waals surface area (Å²) in [5.74, 6) is 0.911. The van der Waals surface area contributed by atoms with E-state index in [-0.39, 0.29) is 0 Å². The second-order valence-corrected chi connectivity index (χ2v) is 4.66. The average Bonchev–Trinajstić information content (AvgIpc) is 2.29. The lowest BCUT2D eigenvalue weighted by molar-refractivity contribution is 0.114. The van der Waals surface area contributed by atoms with Gasteiger partial charge in [-0.25, -0.2) is 0 Å². The van der Waals surface area contributed by atoms with E-state index in [4.69, 9.17) is 5.73 Å². The van der Waals surface area contributed by atoms with Gasteiger partial charge in [0.25, 0.3) is 0 Å². The number of hydrogen-bond donors (Lipinski definition) is 1. The van der Waals surface area contributed by atoms with Crippen LogP contribution >= 0.6 is 0 Å². The Morgan fingerprint density at radius 1 is 1.53 bits per heavy atom. The molecule has 0 radical (unpaired) electrons. The van der Waals surface area contributed by atoms with Crippen LogP contribution < -0.4 is 5.73 Å². The SMILES string of the molecule is C=CCCCN1CCC(CC)CC1CN. The fourth-order valence-electron chi connectivity index (χ4n) is 2.53. The van der Waals surface area contributed by atoms with Crippen molar-refractivity contribution in [3.05, 3.63) is 12.7 Å². The van der Waals surface area contributed by atoms with Crippen molar-refractivity contribution in [2.75, 3.05) is 19.6 Å². The summed E-state index contributed by atoms with van der Waals surface area (Å²) < 4.78 is 0. The number of nitrogens with two attached hydrogens (primary N) is 1. The summed E-state index contributed by atoms with van der Waals surface area (Å²) in [6.07, 6.45) is 8.36. The molecule has 0 bridgehead atoms. The molecule has 0 aromatic heterocycles. The molecule has 1 rings (SSSR count). The van der Waals surface area contributed by atoms with Crippen molar-refractivity contribution in [1.82, 2.24) is 4.90 Å². The van der Waals surface area contributed by atoms with Crippen molar-refractivity contribution >= 4 is 0 Å². The Kier molecular flexibility index (Phi) is 5.96. The lowest BCUT2D eigenvalue weighted by Crippen LogP contribution is -2.46. The molecule has 1 aliphatic rings. The molecule has 0 aromatic carbocycles. The van der Waals surface area contributed by atoms with Crippen LogP contribution in [0.1, 0.15) is 39.0 Å². The number of likely N-dealkylation sites (tertiary alicyclic amines) is 1. The molecule has 88 valence electrons. The van der Waals surface area contributed by atoms with Gasteiger partial charge in [0, 0.05) is 12.6 Å². The van der Waals surface area contributed by atoms with Crippen molar-refractivity contribution in [3.63, 3.8) is 0 Å². The molecule has 1 heterocycles. The van der Waals surface area contributed by atoms with Gasteiger partial charge in [-0.15, -0.1) is 6.58 Å². The van der Waals surface area contributed by atoms with Crippen molar-refractivity contribution in [2.45, 2.75) is 45.1 Å². The first-order chi connectivity index (χ1) is 7.31. The van der Waals surface area contributed by atoms with Crippen LogP contribution in [0.5, 0.6) is 0 Å². The van der Waals surface area contributed by atoms with Crippen LogP contribution in [0.2, 0.25) is 0 Å². The molecule has 0 saturated carbocycles. The second-order valence-electron chi connectivity index (χ2n) is 4.66. The van der Waals surface area contributed by atoms with Crippen molar-refractivity contribution < 1.29 is 0 Å². The van der Waals surface area contributed by atoms with Crippen LogP contribution in [-0.4, -0.2) is 30.6 Å². The maximum Gasteiger partial charge on any atom is 0.0221 e. The summed E-state index contributed by atoms with van der Waals surface area (Å²) in [4.78, 5) is 2.58. The zero-order chi connectivity index (χ0) is 11.1. The minimum atomic E-state index is 0.633. The predicted octanol–water partition coefficient (Wildman–Crippen LogP) is 2.40. The normalized spacial score (nSPS) is 27.9. The first kappa shape index (κ1) is 12.7. The van der Waals surface area contributed by atoms with Gasteiger partial charge in [-0.2, -0.15) is 0 Å². The number of allylic oxidation sites excluding steroid dienone is 1. The maximum absolute atomic E-state index is 5.85. The second kappa shape index (κ2) is 7.02. The van der Waals surface area contributed by atoms with E-state index in [1.54, 1.807) is 0 Å². The Morgan fingerprint density at radius 3 is 2.93 bits per heavy atom. The third kappa shape index (κ3) is 3.96. The molecule has 2 unspecified atom stereocenters. The van der Waals surface area contributed by atoms with Gasteiger partial charge in [0.15, 0.2) is 0 Å². The number of nitrogens with zero attached hydrogens (tertiary/aromatic N) is 1. The van der Waals surface area contributed by atoms with Crippen LogP contribution in [0.4, 0.5) is 0 Å². The van der Waals surface area contributed by atoms with Gasteiger partial charge in [0.1, 0.15) is 0 Å². The van der Waals surface area contributed by atoms with Crippen LogP contribution in [0, 0.1) is 5.92 Å². The smallest absolute Gasteiger partial charge is 0.0221 e. The Morgan fingerprint density at radius 2 is 2.33 bits per heavy atom. The van der Waals surface area contributed by atoms with Crippen LogP contribution in [0.3, 0.4) is 0 Å². The number of piperidine rings is 1. The first-order valence-electron chi connectivity index (χ1n) is 6.36. The van der Waals surface area contributed by atoms with Gasteiger partial charge in [0.2, 0.25) is 0 Å². The van der Waals surface area contributed by atoms with Crippen LogP contribution in [0.25, 0.3) is 0 Å². The molecular weight excluding hydrogens is 184 g/mol. The van der Waals surface area contributed by atoms with Crippen LogP contribution in [0.15, 0.2) is 12.7 Å². The van der Waals surface area contributed by atoms with Crippen molar-refractivity contribution in [2.24, 2.45) is 11.7 Å². The fourth-order valence-corrected chi connectivity index (χ4v) is 2.53. The summed E-state index contributed by atoms with van der Waals surface area (Å²) in [7, 11) is 0. The highest BCUT2D eigenvalue weighted by atomic mass is 15.2. The topological polar surface area (TPSA) is 29.3 Å². The van der Waals surface area contributed by atoms with E-state index in [0.717, 1.165) is 18.9 Å². The first-order valence-corrected chi connectivity index (χ1v) is 6.36. The molecule has 0 amide bonds. The van der Waals surface area contributed by atoms with Crippen LogP contribution in [-0.2, 0) is 0 Å². The molecule has 15 heavy (non-hydrogen) atoms. The molecule has 2 N–H and O–H groups in total. The predicted molar refractivity (Wildman–Crippen MR) is 66.9 cm³/mol. The van der Waals surface area contributed by atoms with Gasteiger partial charge in [-0.1, -0.05) is 19.4 Å². The van der Waals surface area contributed by atoms with E-state index in [9.17, 15) is 0 Å². The van der Waals surface area contributed by atoms with E-state index in [0.29, 0.717) is 6.04 Å². The molecule has 2 atom stereocenters. The van der Waals surface area contributed by atoms with Gasteiger partial charge in [-0.05, 0) is 44.7 Å². The standard InChI is InChI=1S/C13H26N2/c1-3-5-6-8-15-9-7-12(4-2)10-13(15)11-14/h3,12-13H,1,4-11,14H2,2H3. The molecule has 1 saturated heterocycles. The Balaban J connectivity index is 2.33. The van der Waals surface area contributed by atoms with E-state index in [1.807, 2.05) is 6.08 Å². The van der Waals surface area contributed by atoms with Gasteiger partial charge in [-0.3, -0.25) is 4.90 Å². The molecule has 1 fully saturated rings. The van der Waals surface area contributed by atoms with E-state index in [2.05, 4.69) is 18.4 Å². The third-order valence-corrected chi connectivity index (χ3v) is 3.65. The van der Waals surface area contributed by atoms with E-state index >= 15 is 0 Å². The quantitative estimate of drug-likeness (QED) is 0.539. The number of rotatable bonds is 6. The zero-order valence-corrected chi connectivity index (χ0v) is 10.1. The Labute approximate surface area is 94.5 Å². The zero-order valence-electron chi connectivity index (χ0n) is 10.1. The van der Waals surface area contributed by atoms with Gasteiger partial charge >= 0.3 is 0 Å². The largest absolute Gasteiger partial charge is 0.329 e. The number of hydrogen-bond acceptors (Lipinski definition) is 2. The molecular formula is C13H26N2. The minimum Gasteiger partial charge on any atom is -0.329 e. The summed E-state index contributed by atoms with van der Waals surface area (Å²) in [5, 5.41) is 0. The highest BCUT2D eigenvalue weighted by Gasteiger charge is 2.25. The van der Waals surface area contributed by atoms with Gasteiger partial charge in [0.05, 0.1) is 0 Å².